The van der Waals surface area contributed by atoms with E-state index in [1.165, 1.54) is 12.6 Å². The molecule has 1 aromatic rings. The summed E-state index contributed by atoms with van der Waals surface area (Å²) < 4.78 is 0. The van der Waals surface area contributed by atoms with Crippen LogP contribution in [0.5, 0.6) is 0 Å². The van der Waals surface area contributed by atoms with E-state index in [1.807, 2.05) is 31.2 Å². The maximum Gasteiger partial charge on any atom is 0.0962 e. The van der Waals surface area contributed by atoms with Crippen molar-refractivity contribution < 1.29 is 10.0 Å². The quantitative estimate of drug-likeness (QED) is 0.696. The fourth-order valence-electron chi connectivity index (χ4n) is 0.852. The lowest BCUT2D eigenvalue weighted by atomic mass is 10.2. The Morgan fingerprint density at radius 3 is 2.42 bits per heavy atom. The normalized spacial score (nSPS) is 10.7. The van der Waals surface area contributed by atoms with Gasteiger partial charge in [-0.1, -0.05) is 35.1 Å². The van der Waals surface area contributed by atoms with Crippen molar-refractivity contribution in [2.24, 2.45) is 0 Å². The Balaban J connectivity index is 2.48. The molecular formula is C9H13NO2. The maximum atomic E-state index is 8.68. The third kappa shape index (κ3) is 3.00. The minimum absolute atomic E-state index is 0.396. The predicted molar refractivity (Wildman–Crippen MR) is 45.5 cm³/mol. The first-order valence-corrected chi connectivity index (χ1v) is 3.79. The number of hydrogen-bond acceptors (Lipinski definition) is 3. The summed E-state index contributed by atoms with van der Waals surface area (Å²) in [6.45, 7) is 2.43. The molecule has 0 radical (unpaired) electrons. The van der Waals surface area contributed by atoms with Crippen LogP contribution >= 0.6 is 0 Å². The van der Waals surface area contributed by atoms with E-state index < -0.39 is 0 Å². The average Bonchev–Trinajstić information content (AvgIpc) is 2.03. The van der Waals surface area contributed by atoms with Gasteiger partial charge in [-0.15, -0.1) is 0 Å². The molecule has 0 aliphatic carbocycles. The van der Waals surface area contributed by atoms with Crippen LogP contribution in [0.4, 0.5) is 0 Å². The summed E-state index contributed by atoms with van der Waals surface area (Å²) in [5.74, 6) is 0. The highest BCUT2D eigenvalue weighted by Crippen LogP contribution is 2.04. The first-order valence-electron chi connectivity index (χ1n) is 3.79. The monoisotopic (exact) mass is 167 g/mol. The van der Waals surface area contributed by atoms with E-state index >= 15 is 0 Å². The van der Waals surface area contributed by atoms with Crippen LogP contribution in [-0.4, -0.2) is 17.5 Å². The molecular weight excluding hydrogens is 154 g/mol. The number of hydroxylamine groups is 2. The number of hydrogen-bond donors (Lipinski definition) is 1. The maximum absolute atomic E-state index is 8.68. The van der Waals surface area contributed by atoms with Crippen molar-refractivity contribution in [3.63, 3.8) is 0 Å². The summed E-state index contributed by atoms with van der Waals surface area (Å²) >= 11 is 0. The molecule has 0 atom stereocenters. The van der Waals surface area contributed by atoms with Crippen LogP contribution in [-0.2, 0) is 11.4 Å². The molecule has 0 saturated carbocycles. The third-order valence-corrected chi connectivity index (χ3v) is 1.54. The molecule has 1 rings (SSSR count). The third-order valence-electron chi connectivity index (χ3n) is 1.54. The molecule has 1 aromatic carbocycles. The van der Waals surface area contributed by atoms with Crippen molar-refractivity contribution in [1.82, 2.24) is 5.23 Å². The van der Waals surface area contributed by atoms with Crippen molar-refractivity contribution in [2.45, 2.75) is 13.5 Å². The Hall–Kier alpha value is -0.900. The number of aryl methyl sites for hydroxylation is 1. The highest BCUT2D eigenvalue weighted by molar-refractivity contribution is 5.20. The summed E-state index contributed by atoms with van der Waals surface area (Å²) in [4.78, 5) is 4.86. The summed E-state index contributed by atoms with van der Waals surface area (Å²) in [7, 11) is 1.44. The zero-order chi connectivity index (χ0) is 8.97. The zero-order valence-electron chi connectivity index (χ0n) is 7.32. The van der Waals surface area contributed by atoms with E-state index in [9.17, 15) is 0 Å². The zero-order valence-corrected chi connectivity index (χ0v) is 7.32. The van der Waals surface area contributed by atoms with Gasteiger partial charge in [-0.3, -0.25) is 10.0 Å². The first-order chi connectivity index (χ1) is 5.68. The van der Waals surface area contributed by atoms with E-state index in [2.05, 4.69) is 0 Å². The smallest absolute Gasteiger partial charge is 0.0962 e. The van der Waals surface area contributed by atoms with Crippen molar-refractivity contribution >= 4 is 0 Å². The minimum Gasteiger partial charge on any atom is -0.290 e. The molecule has 0 unspecified atom stereocenters. The molecule has 1 N–H and O–H groups in total. The number of benzene rings is 1. The van der Waals surface area contributed by atoms with Crippen LogP contribution in [0.25, 0.3) is 0 Å². The van der Waals surface area contributed by atoms with Crippen LogP contribution < -0.4 is 0 Å². The van der Waals surface area contributed by atoms with Gasteiger partial charge in [-0.25, -0.2) is 0 Å². The van der Waals surface area contributed by atoms with Crippen LogP contribution in [0.3, 0.4) is 0 Å². The van der Waals surface area contributed by atoms with Crippen LogP contribution in [0.15, 0.2) is 24.3 Å². The second-order valence-corrected chi connectivity index (χ2v) is 2.72. The van der Waals surface area contributed by atoms with Gasteiger partial charge >= 0.3 is 0 Å². The van der Waals surface area contributed by atoms with Gasteiger partial charge in [0.05, 0.1) is 6.61 Å². The first kappa shape index (κ1) is 9.19. The van der Waals surface area contributed by atoms with Crippen LogP contribution in [0.2, 0.25) is 0 Å². The van der Waals surface area contributed by atoms with E-state index in [1.54, 1.807) is 0 Å². The van der Waals surface area contributed by atoms with Crippen molar-refractivity contribution in [3.8, 4) is 0 Å². The average molecular weight is 167 g/mol. The Morgan fingerprint density at radius 2 is 1.92 bits per heavy atom. The molecule has 0 bridgehead atoms. The molecule has 0 aliphatic rings. The standard InChI is InChI=1S/C9H13NO2/c1-8-3-5-9(6-4-8)7-12-10(2)11/h3-6,11H,7H2,1-2H3. The van der Waals surface area contributed by atoms with Crippen LogP contribution in [0.1, 0.15) is 11.1 Å². The lowest BCUT2D eigenvalue weighted by Crippen LogP contribution is -2.12. The second-order valence-electron chi connectivity index (χ2n) is 2.72. The van der Waals surface area contributed by atoms with Crippen molar-refractivity contribution in [3.05, 3.63) is 35.4 Å². The SMILES string of the molecule is Cc1ccc(CON(C)O)cc1. The van der Waals surface area contributed by atoms with Gasteiger partial charge in [0.1, 0.15) is 0 Å². The Labute approximate surface area is 72.1 Å². The Bertz CT molecular complexity index is 231. The summed E-state index contributed by atoms with van der Waals surface area (Å²) in [5, 5.41) is 9.39. The molecule has 66 valence electrons. The van der Waals surface area contributed by atoms with Gasteiger partial charge in [-0.2, -0.15) is 0 Å². The lowest BCUT2D eigenvalue weighted by molar-refractivity contribution is -0.330. The molecule has 12 heavy (non-hydrogen) atoms. The number of nitrogens with zero attached hydrogens (tertiary/aromatic N) is 1. The molecule has 0 aromatic heterocycles. The summed E-state index contributed by atoms with van der Waals surface area (Å²) in [5.41, 5.74) is 2.26. The van der Waals surface area contributed by atoms with Gasteiger partial charge < -0.3 is 0 Å². The van der Waals surface area contributed by atoms with Gasteiger partial charge in [0.25, 0.3) is 0 Å². The second kappa shape index (κ2) is 4.21. The Morgan fingerprint density at radius 1 is 1.33 bits per heavy atom. The highest BCUT2D eigenvalue weighted by atomic mass is 16.9. The molecule has 0 heterocycles. The van der Waals surface area contributed by atoms with E-state index in [-0.39, 0.29) is 0 Å². The van der Waals surface area contributed by atoms with Gasteiger partial charge in [-0.05, 0) is 12.5 Å². The van der Waals surface area contributed by atoms with Crippen LogP contribution in [0, 0.1) is 6.92 Å². The topological polar surface area (TPSA) is 32.7 Å². The van der Waals surface area contributed by atoms with E-state index in [0.717, 1.165) is 5.56 Å². The van der Waals surface area contributed by atoms with Gasteiger partial charge in [0, 0.05) is 7.05 Å². The van der Waals surface area contributed by atoms with Crippen molar-refractivity contribution in [2.75, 3.05) is 7.05 Å². The largest absolute Gasteiger partial charge is 0.290 e. The molecule has 0 saturated heterocycles. The summed E-state index contributed by atoms with van der Waals surface area (Å²) in [6.07, 6.45) is 0. The van der Waals surface area contributed by atoms with Crippen molar-refractivity contribution in [1.29, 1.82) is 0 Å². The molecule has 0 spiro atoms. The molecule has 0 aliphatic heterocycles. The minimum atomic E-state index is 0.396. The lowest BCUT2D eigenvalue weighted by Gasteiger charge is -2.07. The molecule has 3 heteroatoms. The molecule has 0 fully saturated rings. The predicted octanol–water partition coefficient (Wildman–Crippen LogP) is 1.75. The Kier molecular flexibility index (Phi) is 3.22. The fraction of sp³-hybridized carbons (Fsp3) is 0.333. The van der Waals surface area contributed by atoms with Gasteiger partial charge in [0.15, 0.2) is 0 Å². The van der Waals surface area contributed by atoms with Gasteiger partial charge in [0.2, 0.25) is 0 Å². The summed E-state index contributed by atoms with van der Waals surface area (Å²) in [6, 6.07) is 7.96. The molecule has 0 amide bonds. The van der Waals surface area contributed by atoms with E-state index in [4.69, 9.17) is 10.0 Å². The van der Waals surface area contributed by atoms with E-state index in [0.29, 0.717) is 11.8 Å². The molecule has 3 nitrogen and oxygen atoms in total. The highest BCUT2D eigenvalue weighted by Gasteiger charge is 1.94. The fourth-order valence-corrected chi connectivity index (χ4v) is 0.852. The number of rotatable bonds is 3.